The van der Waals surface area contributed by atoms with Crippen LogP contribution in [0.4, 0.5) is 0 Å². The van der Waals surface area contributed by atoms with E-state index in [4.69, 9.17) is 4.74 Å². The van der Waals surface area contributed by atoms with Crippen LogP contribution in [0.5, 0.6) is 0 Å². The lowest BCUT2D eigenvalue weighted by molar-refractivity contribution is -0.145. The highest BCUT2D eigenvalue weighted by Crippen LogP contribution is 2.14. The first-order valence-corrected chi connectivity index (χ1v) is 4.07. The number of allylic oxidation sites excluding steroid dienone is 1. The lowest BCUT2D eigenvalue weighted by atomic mass is 10.1. The molecule has 1 radical (unpaired) electrons. The molecule has 0 spiro atoms. The van der Waals surface area contributed by atoms with Gasteiger partial charge in [0.15, 0.2) is 0 Å². The predicted molar refractivity (Wildman–Crippen MR) is 43.2 cm³/mol. The van der Waals surface area contributed by atoms with Crippen LogP contribution in [0.3, 0.4) is 0 Å². The van der Waals surface area contributed by atoms with Crippen molar-refractivity contribution in [3.8, 4) is 0 Å². The minimum atomic E-state index is -0.221. The molecule has 0 amide bonds. The van der Waals surface area contributed by atoms with Crippen molar-refractivity contribution in [3.05, 3.63) is 12.2 Å². The van der Waals surface area contributed by atoms with Gasteiger partial charge < -0.3 is 4.74 Å². The maximum absolute atomic E-state index is 10.9. The number of hydrogen-bond acceptors (Lipinski definition) is 3. The summed E-state index contributed by atoms with van der Waals surface area (Å²) in [7, 11) is 0. The molecule has 1 atom stereocenters. The second-order valence-electron chi connectivity index (χ2n) is 2.75. The van der Waals surface area contributed by atoms with Crippen LogP contribution in [0.15, 0.2) is 12.2 Å². The van der Waals surface area contributed by atoms with Crippen LogP contribution in [-0.4, -0.2) is 18.4 Å². The van der Waals surface area contributed by atoms with Crippen molar-refractivity contribution < 1.29 is 14.3 Å². The van der Waals surface area contributed by atoms with E-state index in [-0.39, 0.29) is 12.1 Å². The Morgan fingerprint density at radius 1 is 1.50 bits per heavy atom. The fraction of sp³-hybridized carbons (Fsp3) is 0.556. The normalized spacial score (nSPS) is 25.0. The van der Waals surface area contributed by atoms with Gasteiger partial charge in [0.05, 0.1) is 0 Å². The minimum absolute atomic E-state index is 0.173. The van der Waals surface area contributed by atoms with Gasteiger partial charge in [-0.05, 0) is 31.4 Å². The second-order valence-corrected chi connectivity index (χ2v) is 2.75. The Balaban J connectivity index is 2.46. The Kier molecular flexibility index (Phi) is 3.51. The van der Waals surface area contributed by atoms with Crippen LogP contribution >= 0.6 is 0 Å². The van der Waals surface area contributed by atoms with Crippen molar-refractivity contribution in [2.45, 2.75) is 31.8 Å². The number of ether oxygens (including phenoxy) is 1. The molecule has 3 nitrogen and oxygen atoms in total. The highest BCUT2D eigenvalue weighted by molar-refractivity contribution is 5.70. The third kappa shape index (κ3) is 2.86. The van der Waals surface area contributed by atoms with Crippen molar-refractivity contribution in [3.63, 3.8) is 0 Å². The third-order valence-corrected chi connectivity index (χ3v) is 1.78. The van der Waals surface area contributed by atoms with Crippen LogP contribution in [0, 0.1) is 0 Å². The molecule has 0 bridgehead atoms. The predicted octanol–water partition coefficient (Wildman–Crippen LogP) is 1.14. The van der Waals surface area contributed by atoms with E-state index < -0.39 is 0 Å². The summed E-state index contributed by atoms with van der Waals surface area (Å²) in [6.07, 6.45) is 7.40. The summed E-state index contributed by atoms with van der Waals surface area (Å²) < 4.78 is 5.01. The second kappa shape index (κ2) is 4.70. The smallest absolute Gasteiger partial charge is 0.306 e. The molecule has 0 aromatic carbocycles. The molecule has 1 saturated heterocycles. The maximum atomic E-state index is 10.9. The van der Waals surface area contributed by atoms with Gasteiger partial charge in [-0.3, -0.25) is 9.59 Å². The summed E-state index contributed by atoms with van der Waals surface area (Å²) in [6.45, 7) is 0. The summed E-state index contributed by atoms with van der Waals surface area (Å²) >= 11 is 0. The van der Waals surface area contributed by atoms with Gasteiger partial charge in [-0.2, -0.15) is 0 Å². The first-order valence-electron chi connectivity index (χ1n) is 4.07. The van der Waals surface area contributed by atoms with Crippen LogP contribution in [-0.2, 0) is 14.3 Å². The molecule has 1 heterocycles. The van der Waals surface area contributed by atoms with E-state index in [0.717, 1.165) is 19.3 Å². The van der Waals surface area contributed by atoms with E-state index >= 15 is 0 Å². The fourth-order valence-electron chi connectivity index (χ4n) is 1.18. The van der Waals surface area contributed by atoms with E-state index in [1.54, 1.807) is 12.4 Å². The van der Waals surface area contributed by atoms with Crippen LogP contribution < -0.4 is 0 Å². The molecule has 1 unspecified atom stereocenters. The van der Waals surface area contributed by atoms with Gasteiger partial charge in [0.1, 0.15) is 6.10 Å². The molecule has 0 saturated carbocycles. The zero-order valence-corrected chi connectivity index (χ0v) is 6.79. The van der Waals surface area contributed by atoms with E-state index in [2.05, 4.69) is 0 Å². The molecule has 3 heteroatoms. The lowest BCUT2D eigenvalue weighted by Gasteiger charge is -2.08. The molecule has 1 aliphatic heterocycles. The highest BCUT2D eigenvalue weighted by atomic mass is 16.5. The number of cyclic esters (lactones) is 1. The van der Waals surface area contributed by atoms with Gasteiger partial charge >= 0.3 is 5.97 Å². The van der Waals surface area contributed by atoms with Crippen molar-refractivity contribution in [2.75, 3.05) is 0 Å². The van der Waals surface area contributed by atoms with Gasteiger partial charge in [0.2, 0.25) is 6.29 Å². The molecule has 0 aromatic heterocycles. The van der Waals surface area contributed by atoms with Crippen molar-refractivity contribution in [2.24, 2.45) is 0 Å². The van der Waals surface area contributed by atoms with E-state index in [1.807, 2.05) is 0 Å². The first kappa shape index (κ1) is 8.97. The summed E-state index contributed by atoms with van der Waals surface area (Å²) in [5.41, 5.74) is 0. The summed E-state index contributed by atoms with van der Waals surface area (Å²) in [6, 6.07) is 0. The van der Waals surface area contributed by atoms with Gasteiger partial charge in [0, 0.05) is 6.42 Å². The molecule has 1 fully saturated rings. The molecule has 1 aliphatic rings. The average molecular weight is 167 g/mol. The zero-order chi connectivity index (χ0) is 8.81. The molecule has 12 heavy (non-hydrogen) atoms. The topological polar surface area (TPSA) is 43.4 Å². The molecule has 0 aliphatic carbocycles. The minimum Gasteiger partial charge on any atom is -0.458 e. The highest BCUT2D eigenvalue weighted by Gasteiger charge is 2.15. The first-order chi connectivity index (χ1) is 5.83. The van der Waals surface area contributed by atoms with Crippen LogP contribution in [0.2, 0.25) is 0 Å². The van der Waals surface area contributed by atoms with Gasteiger partial charge in [-0.15, -0.1) is 0 Å². The van der Waals surface area contributed by atoms with Crippen molar-refractivity contribution >= 4 is 12.3 Å². The number of carbonyl (C=O) groups is 1. The Morgan fingerprint density at radius 3 is 3.08 bits per heavy atom. The Hall–Kier alpha value is -1.12. The van der Waals surface area contributed by atoms with Gasteiger partial charge in [-0.25, -0.2) is 0 Å². The Labute approximate surface area is 71.4 Å². The SMILES string of the molecule is O=[C]C=CC1CCCCC(=O)O1. The van der Waals surface area contributed by atoms with Crippen LogP contribution in [0.1, 0.15) is 25.7 Å². The lowest BCUT2D eigenvalue weighted by Crippen LogP contribution is -2.12. The number of hydrogen-bond donors (Lipinski definition) is 0. The number of carbonyl (C=O) groups excluding carboxylic acids is 2. The average Bonchev–Trinajstić information content (AvgIpc) is 2.26. The molecule has 0 N–H and O–H groups in total. The monoisotopic (exact) mass is 167 g/mol. The fourth-order valence-corrected chi connectivity index (χ4v) is 1.18. The van der Waals surface area contributed by atoms with Crippen molar-refractivity contribution in [1.29, 1.82) is 0 Å². The number of esters is 1. The summed E-state index contributed by atoms with van der Waals surface area (Å²) in [5.74, 6) is -0.173. The third-order valence-electron chi connectivity index (χ3n) is 1.78. The van der Waals surface area contributed by atoms with Crippen molar-refractivity contribution in [1.82, 2.24) is 0 Å². The zero-order valence-electron chi connectivity index (χ0n) is 6.79. The summed E-state index contributed by atoms with van der Waals surface area (Å²) in [4.78, 5) is 20.8. The quantitative estimate of drug-likeness (QED) is 0.457. The molecule has 65 valence electrons. The molecule has 1 rings (SSSR count). The largest absolute Gasteiger partial charge is 0.458 e. The standard InChI is InChI=1S/C9H11O3/c10-7-3-5-8-4-1-2-6-9(11)12-8/h3,5,8H,1-2,4,6H2. The van der Waals surface area contributed by atoms with E-state index in [9.17, 15) is 9.59 Å². The van der Waals surface area contributed by atoms with Crippen LogP contribution in [0.25, 0.3) is 0 Å². The molecular weight excluding hydrogens is 156 g/mol. The summed E-state index contributed by atoms with van der Waals surface area (Å²) in [5, 5.41) is 0. The molecular formula is C9H11O3. The van der Waals surface area contributed by atoms with Gasteiger partial charge in [-0.1, -0.05) is 0 Å². The van der Waals surface area contributed by atoms with Gasteiger partial charge in [0.25, 0.3) is 0 Å². The molecule has 0 aromatic rings. The van der Waals surface area contributed by atoms with E-state index in [1.165, 1.54) is 6.08 Å². The maximum Gasteiger partial charge on any atom is 0.306 e. The number of rotatable bonds is 2. The Morgan fingerprint density at radius 2 is 2.33 bits per heavy atom. The van der Waals surface area contributed by atoms with E-state index in [0.29, 0.717) is 6.42 Å². The Bertz CT molecular complexity index is 196.